The average Bonchev–Trinajstić information content (AvgIpc) is 3.41. The molecule has 17 nitrogen and oxygen atoms in total. The van der Waals surface area contributed by atoms with Gasteiger partial charge in [0.25, 0.3) is 11.8 Å². The largest absolute Gasteiger partial charge is 0.399 e. The molecule has 84 heavy (non-hydrogen) atoms. The lowest BCUT2D eigenvalue weighted by molar-refractivity contribution is -0.112. The number of fused-ring (bicyclic) bond motifs is 2. The Morgan fingerprint density at radius 2 is 1.11 bits per heavy atom. The number of para-hydroxylation sites is 2. The minimum Gasteiger partial charge on any atom is -0.399 e. The molecule has 10 rings (SSSR count). The van der Waals surface area contributed by atoms with E-state index in [9.17, 15) is 28.0 Å². The van der Waals surface area contributed by atoms with Crippen LogP contribution in [0.5, 0.6) is 0 Å². The number of aromatic amines is 2. The molecule has 6 atom stereocenters. The third-order valence-electron chi connectivity index (χ3n) is 13.5. The van der Waals surface area contributed by atoms with Crippen LogP contribution >= 0.6 is 50.7 Å². The van der Waals surface area contributed by atoms with Gasteiger partial charge in [0, 0.05) is 110 Å². The van der Waals surface area contributed by atoms with E-state index >= 15 is 0 Å². The molecule has 0 saturated heterocycles. The average molecular weight is 1270 g/mol. The second-order valence-electron chi connectivity index (χ2n) is 20.1. The number of nitrogens with zero attached hydrogens (tertiary/aromatic N) is 5. The highest BCUT2D eigenvalue weighted by Gasteiger charge is 2.32. The maximum absolute atomic E-state index is 14.8. The zero-order valence-corrected chi connectivity index (χ0v) is 49.0. The first-order chi connectivity index (χ1) is 40.0. The summed E-state index contributed by atoms with van der Waals surface area (Å²) in [5.41, 5.74) is 12.6. The van der Waals surface area contributed by atoms with Gasteiger partial charge in [0.15, 0.2) is 0 Å². The molecule has 0 radical (unpaired) electrons. The molecule has 3 amide bonds. The van der Waals surface area contributed by atoms with Crippen molar-refractivity contribution in [1.82, 2.24) is 45.4 Å². The van der Waals surface area contributed by atoms with E-state index in [1.54, 1.807) is 66.9 Å². The summed E-state index contributed by atoms with van der Waals surface area (Å²) in [5.74, 6) is -0.0874. The van der Waals surface area contributed by atoms with E-state index in [1.807, 2.05) is 79.9 Å². The first kappa shape index (κ1) is 63.8. The zero-order chi connectivity index (χ0) is 59.0. The van der Waals surface area contributed by atoms with Crippen LogP contribution in [0.25, 0.3) is 44.3 Å². The summed E-state index contributed by atoms with van der Waals surface area (Å²) in [7, 11) is 3.83. The highest BCUT2D eigenvalue weighted by molar-refractivity contribution is 9.09. The van der Waals surface area contributed by atoms with Crippen molar-refractivity contribution in [2.75, 3.05) is 47.7 Å². The van der Waals surface area contributed by atoms with Crippen molar-refractivity contribution in [2.24, 2.45) is 0 Å². The summed E-state index contributed by atoms with van der Waals surface area (Å²) in [4.78, 5) is 73.8. The number of carbonyl (C=O) groups is 4. The molecule has 9 N–H and O–H groups in total. The molecule has 2 aliphatic rings. The number of halogens is 6. The lowest BCUT2D eigenvalue weighted by Gasteiger charge is -2.32. The van der Waals surface area contributed by atoms with Crippen molar-refractivity contribution >= 4 is 119 Å². The summed E-state index contributed by atoms with van der Waals surface area (Å²) in [5, 5.41) is 18.2. The van der Waals surface area contributed by atoms with Gasteiger partial charge in [-0.05, 0) is 131 Å². The SMILES string of the molecule is C.CN(C)C/C=C/C(=O)Nc1ccc(C(=O)N[C@@H]2C[C@H](F)C[C@H](Nc3ncc(Cl)c(-c4c[nH]c5ccccc45)n3)C2)cc1.Nc1ccc(C(=O)N[C@@H]2C[C@H](F)C[C@H](Nc3ncc(Cl)c(-c4c[nH]c5ccccc45)n3)C2)cc1.O=C(Cl)/C=C/CBr. The van der Waals surface area contributed by atoms with Crippen molar-refractivity contribution in [3.8, 4) is 22.5 Å². The monoisotopic (exact) mass is 1270 g/mol. The molecule has 2 saturated carbocycles. The maximum atomic E-state index is 14.8. The number of carbonyl (C=O) groups excluding carboxylic acids is 4. The van der Waals surface area contributed by atoms with E-state index in [0.717, 1.165) is 32.9 Å². The molecule has 4 aromatic heterocycles. The molecular weight excluding hydrogens is 1200 g/mol. The summed E-state index contributed by atoms with van der Waals surface area (Å²) in [6.45, 7) is 0.655. The molecule has 0 unspecified atom stereocenters. The second-order valence-corrected chi connectivity index (χ2v) is 22.0. The number of likely N-dealkylation sites (N-methyl/N-ethyl adjacent to an activating group) is 1. The number of anilines is 4. The molecule has 0 bridgehead atoms. The van der Waals surface area contributed by atoms with Crippen molar-refractivity contribution < 1.29 is 28.0 Å². The highest BCUT2D eigenvalue weighted by atomic mass is 79.9. The smallest absolute Gasteiger partial charge is 0.251 e. The van der Waals surface area contributed by atoms with Crippen LogP contribution in [0.4, 0.5) is 32.1 Å². The molecule has 0 spiro atoms. The van der Waals surface area contributed by atoms with Crippen molar-refractivity contribution in [3.63, 3.8) is 0 Å². The third kappa shape index (κ3) is 18.1. The molecule has 0 aliphatic heterocycles. The van der Waals surface area contributed by atoms with Gasteiger partial charge in [0.2, 0.25) is 23.0 Å². The first-order valence-corrected chi connectivity index (χ1v) is 28.8. The number of alkyl halides is 3. The molecule has 4 heterocycles. The molecule has 8 aromatic rings. The van der Waals surface area contributed by atoms with Crippen LogP contribution in [0.3, 0.4) is 0 Å². The number of benzene rings is 4. The van der Waals surface area contributed by atoms with E-state index in [-0.39, 0.29) is 68.6 Å². The number of rotatable bonds is 16. The van der Waals surface area contributed by atoms with Crippen LogP contribution in [-0.4, -0.2) is 120 Å². The predicted octanol–water partition coefficient (Wildman–Crippen LogP) is 12.7. The Bertz CT molecular complexity index is 3590. The molecule has 2 aliphatic carbocycles. The Kier molecular flexibility index (Phi) is 23.3. The van der Waals surface area contributed by atoms with Gasteiger partial charge in [-0.1, -0.05) is 95.1 Å². The summed E-state index contributed by atoms with van der Waals surface area (Å²) < 4.78 is 29.3. The number of aromatic nitrogens is 6. The number of nitrogen functional groups attached to an aromatic ring is 1. The lowest BCUT2D eigenvalue weighted by atomic mass is 9.89. The first-order valence-electron chi connectivity index (χ1n) is 26.6. The van der Waals surface area contributed by atoms with Crippen LogP contribution in [0.2, 0.25) is 10.0 Å². The van der Waals surface area contributed by atoms with Gasteiger partial charge in [-0.15, -0.1) is 0 Å². The Morgan fingerprint density at radius 3 is 1.55 bits per heavy atom. The Labute approximate surface area is 509 Å². The summed E-state index contributed by atoms with van der Waals surface area (Å²) in [6.07, 6.45) is 13.0. The minimum atomic E-state index is -1.10. The quantitative estimate of drug-likeness (QED) is 0.0195. The normalized spacial score (nSPS) is 18.4. The Balaban J connectivity index is 0.000000217. The second kappa shape index (κ2) is 30.7. The van der Waals surface area contributed by atoms with E-state index in [2.05, 4.69) is 72.4 Å². The zero-order valence-electron chi connectivity index (χ0n) is 45.2. The van der Waals surface area contributed by atoms with E-state index in [1.165, 1.54) is 18.3 Å². The van der Waals surface area contributed by atoms with Crippen molar-refractivity contribution in [3.05, 3.63) is 167 Å². The van der Waals surface area contributed by atoms with Gasteiger partial charge < -0.3 is 47.2 Å². The third-order valence-corrected chi connectivity index (χ3v) is 14.5. The molecule has 2 fully saturated rings. The number of nitrogens with one attached hydrogen (secondary N) is 7. The number of amides is 3. The fraction of sp³-hybridized carbons (Fsp3) is 0.279. The van der Waals surface area contributed by atoms with Crippen LogP contribution in [-0.2, 0) is 9.59 Å². The number of allylic oxidation sites excluding steroid dienone is 2. The molecular formula is C61H65BrCl3F2N13O4. The van der Waals surface area contributed by atoms with Crippen molar-refractivity contribution in [1.29, 1.82) is 0 Å². The minimum absolute atomic E-state index is 0. The number of hydrogen-bond donors (Lipinski definition) is 8. The van der Waals surface area contributed by atoms with Gasteiger partial charge in [0.1, 0.15) is 12.3 Å². The van der Waals surface area contributed by atoms with E-state index in [4.69, 9.17) is 40.5 Å². The lowest BCUT2D eigenvalue weighted by Crippen LogP contribution is -2.45. The van der Waals surface area contributed by atoms with Gasteiger partial charge in [-0.3, -0.25) is 19.2 Å². The summed E-state index contributed by atoms with van der Waals surface area (Å²) >= 11 is 20.9. The number of H-pyrrole nitrogens is 2. The Hall–Kier alpha value is -7.75. The molecule has 440 valence electrons. The topological polar surface area (TPSA) is 241 Å². The van der Waals surface area contributed by atoms with Gasteiger partial charge in [-0.2, -0.15) is 0 Å². The fourth-order valence-corrected chi connectivity index (χ4v) is 10.4. The fourth-order valence-electron chi connectivity index (χ4n) is 9.69. The standard InChI is InChI=1S/C31H33ClFN7O2.C25H24ClFN6O.C4H4BrClO.CH4/c1-40(2)13-5-8-28(41)36-21-11-9-19(10-12-21)30(42)37-22-14-20(33)15-23(16-22)38-31-35-18-26(32)29(39-31)25-17-34-27-7-4-3-6-24(25)27;26-21-13-30-25(33-23(21)20-12-29-22-4-2-1-3-19(20)22)32-18-10-15(27)9-17(11-18)31-24(34)14-5-7-16(28)8-6-14;5-3-1-2-4(6)7;/h3-12,17-18,20,22-23,34H,13-16H2,1-2H3,(H,36,41)(H,37,42)(H,35,38,39);1-8,12-13,15,17-18,29H,9-11,28H2,(H,31,34)(H,30,32,33);1-2H,3H2;1H4/b8-5+;;2-1+;/t20-,22+,23-;15-,17+,18-;;/m00../s1. The summed E-state index contributed by atoms with van der Waals surface area (Å²) in [6, 6.07) is 27.8. The van der Waals surface area contributed by atoms with Crippen LogP contribution in [0.15, 0.2) is 146 Å². The molecule has 4 aromatic carbocycles. The van der Waals surface area contributed by atoms with Crippen LogP contribution in [0, 0.1) is 0 Å². The number of nitrogens with two attached hydrogens (primary N) is 1. The molecule has 23 heteroatoms. The maximum Gasteiger partial charge on any atom is 0.251 e. The van der Waals surface area contributed by atoms with Gasteiger partial charge >= 0.3 is 0 Å². The predicted molar refractivity (Wildman–Crippen MR) is 338 cm³/mol. The Morgan fingerprint density at radius 1 is 0.655 bits per heavy atom. The van der Waals surface area contributed by atoms with Crippen LogP contribution < -0.4 is 32.3 Å². The van der Waals surface area contributed by atoms with E-state index in [0.29, 0.717) is 87.0 Å². The van der Waals surface area contributed by atoms with E-state index < -0.39 is 17.6 Å². The van der Waals surface area contributed by atoms with Gasteiger partial charge in [0.05, 0.1) is 33.8 Å². The number of hydrogen-bond acceptors (Lipinski definition) is 12. The van der Waals surface area contributed by atoms with Crippen molar-refractivity contribution in [2.45, 2.75) is 82.5 Å². The van der Waals surface area contributed by atoms with Crippen LogP contribution in [0.1, 0.15) is 66.7 Å². The highest BCUT2D eigenvalue weighted by Crippen LogP contribution is 2.35. The van der Waals surface area contributed by atoms with Gasteiger partial charge in [-0.25, -0.2) is 28.7 Å².